The fourth-order valence-electron chi connectivity index (χ4n) is 4.25. The van der Waals surface area contributed by atoms with Crippen LogP contribution >= 0.6 is 24.0 Å². The molecule has 0 aromatic heterocycles. The lowest BCUT2D eigenvalue weighted by Crippen LogP contribution is -2.40. The summed E-state index contributed by atoms with van der Waals surface area (Å²) in [5, 5.41) is 6.73. The monoisotopic (exact) mass is 528 g/mol. The minimum absolute atomic E-state index is 0. The second-order valence-electron chi connectivity index (χ2n) is 8.25. The molecular weight excluding hydrogens is 491 g/mol. The molecule has 0 bridgehead atoms. The summed E-state index contributed by atoms with van der Waals surface area (Å²) >= 11 is 0. The Morgan fingerprint density at radius 1 is 1.27 bits per heavy atom. The first-order chi connectivity index (χ1) is 14.2. The summed E-state index contributed by atoms with van der Waals surface area (Å²) in [5.74, 6) is 1.07. The molecule has 30 heavy (non-hydrogen) atoms. The van der Waals surface area contributed by atoms with Crippen molar-refractivity contribution in [2.75, 3.05) is 44.8 Å². The summed E-state index contributed by atoms with van der Waals surface area (Å²) in [4.78, 5) is 19.4. The minimum atomic E-state index is 0. The second-order valence-corrected chi connectivity index (χ2v) is 8.25. The van der Waals surface area contributed by atoms with Crippen LogP contribution in [0.3, 0.4) is 0 Å². The van der Waals surface area contributed by atoms with Crippen LogP contribution in [-0.4, -0.2) is 51.8 Å². The number of benzene rings is 1. The van der Waals surface area contributed by atoms with Crippen molar-refractivity contribution in [3.63, 3.8) is 0 Å². The number of fused-ring (bicyclic) bond motifs is 1. The Hall–Kier alpha value is -1.35. The molecule has 0 saturated heterocycles. The zero-order chi connectivity index (χ0) is 20.5. The van der Waals surface area contributed by atoms with E-state index in [4.69, 9.17) is 9.73 Å². The van der Waals surface area contributed by atoms with Gasteiger partial charge in [-0.15, -0.1) is 24.0 Å². The lowest BCUT2D eigenvalue weighted by molar-refractivity contribution is -0.118. The van der Waals surface area contributed by atoms with Gasteiger partial charge in [-0.3, -0.25) is 9.79 Å². The van der Waals surface area contributed by atoms with Crippen molar-refractivity contribution >= 4 is 41.5 Å². The molecule has 1 aromatic rings. The molecular formula is C23H37IN4O2. The average Bonchev–Trinajstić information content (AvgIpc) is 3.14. The number of hydrogen-bond donors (Lipinski definition) is 2. The lowest BCUT2D eigenvalue weighted by Gasteiger charge is -2.40. The Balaban J connectivity index is 0.00000320. The molecule has 0 unspecified atom stereocenters. The van der Waals surface area contributed by atoms with Gasteiger partial charge >= 0.3 is 0 Å². The maximum Gasteiger partial charge on any atom is 0.227 e. The summed E-state index contributed by atoms with van der Waals surface area (Å²) in [5.41, 5.74) is 2.68. The van der Waals surface area contributed by atoms with Gasteiger partial charge in [-0.25, -0.2) is 0 Å². The number of anilines is 1. The van der Waals surface area contributed by atoms with Gasteiger partial charge in [0.1, 0.15) is 0 Å². The van der Waals surface area contributed by atoms with Crippen LogP contribution in [0.2, 0.25) is 0 Å². The highest BCUT2D eigenvalue weighted by atomic mass is 127. The summed E-state index contributed by atoms with van der Waals surface area (Å²) in [7, 11) is 1.77. The Morgan fingerprint density at radius 3 is 2.77 bits per heavy atom. The van der Waals surface area contributed by atoms with Crippen LogP contribution < -0.4 is 15.5 Å². The summed E-state index contributed by atoms with van der Waals surface area (Å²) < 4.78 is 5.28. The first kappa shape index (κ1) is 24.9. The van der Waals surface area contributed by atoms with E-state index < -0.39 is 0 Å². The van der Waals surface area contributed by atoms with Crippen molar-refractivity contribution < 1.29 is 9.53 Å². The van der Waals surface area contributed by atoms with Gasteiger partial charge in [-0.1, -0.05) is 24.6 Å². The van der Waals surface area contributed by atoms with Crippen LogP contribution in [0.4, 0.5) is 5.69 Å². The van der Waals surface area contributed by atoms with E-state index in [-0.39, 0.29) is 29.9 Å². The average molecular weight is 528 g/mol. The molecule has 168 valence electrons. The maximum atomic E-state index is 12.6. The number of ether oxygens (including phenoxy) is 1. The molecule has 1 heterocycles. The number of nitrogens with one attached hydrogen (secondary N) is 2. The Bertz CT molecular complexity index is 706. The van der Waals surface area contributed by atoms with Crippen molar-refractivity contribution in [1.29, 1.82) is 0 Å². The van der Waals surface area contributed by atoms with Gasteiger partial charge in [0.25, 0.3) is 0 Å². The maximum absolute atomic E-state index is 12.6. The van der Waals surface area contributed by atoms with E-state index in [1.807, 2.05) is 23.1 Å². The normalized spacial score (nSPS) is 17.0. The largest absolute Gasteiger partial charge is 0.385 e. The standard InChI is InChI=1S/C23H36N4O2.HI/c1-3-24-22(26-18-23(12-7-13-23)14-17-29-2)25-15-6-10-21(28)27-16-11-19-8-4-5-9-20(19)27;/h4-5,8-9H,3,6-7,10-18H2,1-2H3,(H2,24,25,26);1H. The Kier molecular flexibility index (Phi) is 10.4. The van der Waals surface area contributed by atoms with Crippen molar-refractivity contribution in [2.24, 2.45) is 10.4 Å². The molecule has 7 heteroatoms. The van der Waals surface area contributed by atoms with Gasteiger partial charge in [0.05, 0.1) is 0 Å². The molecule has 3 rings (SSSR count). The van der Waals surface area contributed by atoms with E-state index in [1.165, 1.54) is 24.8 Å². The third-order valence-corrected chi connectivity index (χ3v) is 6.22. The molecule has 1 amide bonds. The van der Waals surface area contributed by atoms with Gasteiger partial charge in [-0.2, -0.15) is 0 Å². The van der Waals surface area contributed by atoms with E-state index >= 15 is 0 Å². The Morgan fingerprint density at radius 2 is 2.07 bits per heavy atom. The van der Waals surface area contributed by atoms with E-state index in [9.17, 15) is 4.79 Å². The van der Waals surface area contributed by atoms with Crippen LogP contribution in [0.5, 0.6) is 0 Å². The molecule has 2 aliphatic rings. The predicted molar refractivity (Wildman–Crippen MR) is 134 cm³/mol. The third-order valence-electron chi connectivity index (χ3n) is 6.22. The van der Waals surface area contributed by atoms with Gasteiger partial charge < -0.3 is 20.3 Å². The molecule has 1 aliphatic carbocycles. The van der Waals surface area contributed by atoms with Crippen LogP contribution in [0, 0.1) is 5.41 Å². The molecule has 1 saturated carbocycles. The predicted octanol–water partition coefficient (Wildman–Crippen LogP) is 3.74. The van der Waals surface area contributed by atoms with Crippen LogP contribution in [0.1, 0.15) is 51.0 Å². The third kappa shape index (κ3) is 6.57. The number of guanidine groups is 1. The SMILES string of the molecule is CCNC(=NCC1(CCOC)CCC1)NCCCC(=O)N1CCc2ccccc21.I. The zero-order valence-electron chi connectivity index (χ0n) is 18.4. The van der Waals surface area contributed by atoms with E-state index in [1.54, 1.807) is 7.11 Å². The zero-order valence-corrected chi connectivity index (χ0v) is 20.7. The number of amides is 1. The van der Waals surface area contributed by atoms with E-state index in [0.29, 0.717) is 11.8 Å². The van der Waals surface area contributed by atoms with Crippen LogP contribution in [0.15, 0.2) is 29.3 Å². The number of aliphatic imine (C=N–C) groups is 1. The lowest BCUT2D eigenvalue weighted by atomic mass is 9.67. The molecule has 1 aliphatic heterocycles. The smallest absolute Gasteiger partial charge is 0.227 e. The molecule has 2 N–H and O–H groups in total. The van der Waals surface area contributed by atoms with Crippen LogP contribution in [0.25, 0.3) is 0 Å². The molecule has 6 nitrogen and oxygen atoms in total. The number of hydrogen-bond acceptors (Lipinski definition) is 3. The summed E-state index contributed by atoms with van der Waals surface area (Å²) in [6.07, 6.45) is 7.18. The molecule has 0 radical (unpaired) electrons. The molecule has 0 atom stereocenters. The highest BCUT2D eigenvalue weighted by Crippen LogP contribution is 2.44. The molecule has 0 spiro atoms. The highest BCUT2D eigenvalue weighted by molar-refractivity contribution is 14.0. The van der Waals surface area contributed by atoms with Crippen molar-refractivity contribution in [2.45, 2.75) is 51.9 Å². The topological polar surface area (TPSA) is 66.0 Å². The van der Waals surface area contributed by atoms with Gasteiger partial charge in [0.15, 0.2) is 5.96 Å². The first-order valence-electron chi connectivity index (χ1n) is 11.1. The number of carbonyl (C=O) groups excluding carboxylic acids is 1. The van der Waals surface area contributed by atoms with Gasteiger partial charge in [-0.05, 0) is 56.1 Å². The summed E-state index contributed by atoms with van der Waals surface area (Å²) in [6.45, 7) is 6.11. The fourth-order valence-corrected chi connectivity index (χ4v) is 4.25. The number of halogens is 1. The van der Waals surface area contributed by atoms with Crippen LogP contribution in [-0.2, 0) is 16.0 Å². The molecule has 1 fully saturated rings. The quantitative estimate of drug-likeness (QED) is 0.210. The fraction of sp³-hybridized carbons (Fsp3) is 0.652. The van der Waals surface area contributed by atoms with E-state index in [0.717, 1.165) is 63.7 Å². The van der Waals surface area contributed by atoms with Gasteiger partial charge in [0.2, 0.25) is 5.91 Å². The van der Waals surface area contributed by atoms with Crippen molar-refractivity contribution in [3.05, 3.63) is 29.8 Å². The highest BCUT2D eigenvalue weighted by Gasteiger charge is 2.36. The number of methoxy groups -OCH3 is 1. The Labute approximate surface area is 198 Å². The second kappa shape index (κ2) is 12.5. The number of carbonyl (C=O) groups is 1. The first-order valence-corrected chi connectivity index (χ1v) is 11.1. The molecule has 1 aromatic carbocycles. The number of nitrogens with zero attached hydrogens (tertiary/aromatic N) is 2. The van der Waals surface area contributed by atoms with Crippen molar-refractivity contribution in [3.8, 4) is 0 Å². The van der Waals surface area contributed by atoms with Gasteiger partial charge in [0, 0.05) is 52.0 Å². The van der Waals surface area contributed by atoms with E-state index in [2.05, 4.69) is 23.6 Å². The number of rotatable bonds is 10. The number of para-hydroxylation sites is 1. The summed E-state index contributed by atoms with van der Waals surface area (Å²) in [6, 6.07) is 8.22. The minimum Gasteiger partial charge on any atom is -0.385 e. The van der Waals surface area contributed by atoms with Crippen molar-refractivity contribution in [1.82, 2.24) is 10.6 Å².